The molecular formula is C17H15ClN2O4S. The number of hydrogen-bond donors (Lipinski definition) is 1. The summed E-state index contributed by atoms with van der Waals surface area (Å²) >= 11 is 5.92. The van der Waals surface area contributed by atoms with Gasteiger partial charge in [-0.05, 0) is 49.4 Å². The van der Waals surface area contributed by atoms with Crippen LogP contribution in [0.2, 0.25) is 5.02 Å². The maximum atomic E-state index is 12.2. The van der Waals surface area contributed by atoms with Gasteiger partial charge in [0.2, 0.25) is 0 Å². The van der Waals surface area contributed by atoms with Crippen molar-refractivity contribution in [2.24, 2.45) is 0 Å². The maximum absolute atomic E-state index is 12.2. The quantitative estimate of drug-likeness (QED) is 0.862. The summed E-state index contributed by atoms with van der Waals surface area (Å²) in [6.45, 7) is 1.56. The van der Waals surface area contributed by atoms with Gasteiger partial charge in [-0.15, -0.1) is 0 Å². The lowest BCUT2D eigenvalue weighted by atomic mass is 10.2. The van der Waals surface area contributed by atoms with E-state index in [1.807, 2.05) is 6.07 Å². The first kappa shape index (κ1) is 18.8. The summed E-state index contributed by atoms with van der Waals surface area (Å²) in [7, 11) is -3.29. The molecule has 2 aromatic carbocycles. The second-order valence-corrected chi connectivity index (χ2v) is 7.72. The summed E-state index contributed by atoms with van der Waals surface area (Å²) in [5.41, 5.74) is 0.756. The van der Waals surface area contributed by atoms with Gasteiger partial charge in [0.05, 0.1) is 15.5 Å². The first-order valence-electron chi connectivity index (χ1n) is 7.18. The Morgan fingerprint density at radius 1 is 1.24 bits per heavy atom. The minimum atomic E-state index is -3.29. The number of sulfone groups is 1. The van der Waals surface area contributed by atoms with Gasteiger partial charge in [-0.3, -0.25) is 4.79 Å². The average molecular weight is 379 g/mol. The summed E-state index contributed by atoms with van der Waals surface area (Å²) in [5.74, 6) is -0.0409. The minimum Gasteiger partial charge on any atom is -0.481 e. The van der Waals surface area contributed by atoms with Crippen LogP contribution in [0.1, 0.15) is 12.5 Å². The SMILES string of the molecule is CC(Oc1ccc(S(C)(=O)=O)cc1)C(=O)Nc1ccc(C#N)c(Cl)c1. The van der Waals surface area contributed by atoms with Crippen LogP contribution in [0.3, 0.4) is 0 Å². The molecule has 0 fully saturated rings. The Hall–Kier alpha value is -2.56. The van der Waals surface area contributed by atoms with E-state index in [4.69, 9.17) is 21.6 Å². The molecule has 1 amide bonds. The van der Waals surface area contributed by atoms with E-state index in [0.717, 1.165) is 6.26 Å². The van der Waals surface area contributed by atoms with Crippen molar-refractivity contribution in [1.29, 1.82) is 5.26 Å². The molecule has 0 aliphatic rings. The van der Waals surface area contributed by atoms with Gasteiger partial charge in [0.25, 0.3) is 5.91 Å². The number of carbonyl (C=O) groups is 1. The molecule has 2 rings (SSSR count). The van der Waals surface area contributed by atoms with Crippen LogP contribution in [0.5, 0.6) is 5.75 Å². The van der Waals surface area contributed by atoms with Crippen LogP contribution in [0.4, 0.5) is 5.69 Å². The predicted octanol–water partition coefficient (Wildman–Crippen LogP) is 3.02. The molecule has 2 aromatic rings. The van der Waals surface area contributed by atoms with Crippen molar-refractivity contribution in [3.63, 3.8) is 0 Å². The number of nitrogens with zero attached hydrogens (tertiary/aromatic N) is 1. The second-order valence-electron chi connectivity index (χ2n) is 5.30. The Kier molecular flexibility index (Phi) is 5.67. The normalized spacial score (nSPS) is 12.1. The minimum absolute atomic E-state index is 0.171. The zero-order valence-corrected chi connectivity index (χ0v) is 15.1. The molecule has 8 heteroatoms. The number of nitriles is 1. The summed E-state index contributed by atoms with van der Waals surface area (Å²) in [5, 5.41) is 11.7. The Morgan fingerprint density at radius 3 is 2.40 bits per heavy atom. The first-order valence-corrected chi connectivity index (χ1v) is 9.45. The number of rotatable bonds is 5. The molecule has 1 unspecified atom stereocenters. The Balaban J connectivity index is 2.03. The molecule has 130 valence electrons. The molecule has 0 saturated carbocycles. The molecule has 6 nitrogen and oxygen atoms in total. The van der Waals surface area contributed by atoms with E-state index in [0.29, 0.717) is 17.0 Å². The van der Waals surface area contributed by atoms with E-state index >= 15 is 0 Å². The lowest BCUT2D eigenvalue weighted by Crippen LogP contribution is -2.30. The van der Waals surface area contributed by atoms with Crippen LogP contribution in [0, 0.1) is 11.3 Å². The molecule has 0 bridgehead atoms. The molecule has 0 heterocycles. The third-order valence-electron chi connectivity index (χ3n) is 3.29. The number of benzene rings is 2. The molecule has 0 aliphatic heterocycles. The molecule has 0 aromatic heterocycles. The second kappa shape index (κ2) is 7.55. The van der Waals surface area contributed by atoms with E-state index in [-0.39, 0.29) is 9.92 Å². The highest BCUT2D eigenvalue weighted by Gasteiger charge is 2.16. The topological polar surface area (TPSA) is 96.3 Å². The molecule has 0 aliphatic carbocycles. The molecule has 0 spiro atoms. The van der Waals surface area contributed by atoms with Crippen molar-refractivity contribution in [3.8, 4) is 11.8 Å². The largest absolute Gasteiger partial charge is 0.481 e. The van der Waals surface area contributed by atoms with Crippen molar-refractivity contribution >= 4 is 33.0 Å². The van der Waals surface area contributed by atoms with Gasteiger partial charge in [0.1, 0.15) is 11.8 Å². The number of amides is 1. The smallest absolute Gasteiger partial charge is 0.265 e. The number of carbonyl (C=O) groups excluding carboxylic acids is 1. The zero-order valence-electron chi connectivity index (χ0n) is 13.5. The molecule has 1 atom stereocenters. The molecule has 0 saturated heterocycles. The molecular weight excluding hydrogens is 364 g/mol. The van der Waals surface area contributed by atoms with E-state index in [2.05, 4.69) is 5.32 Å². The number of halogens is 1. The zero-order chi connectivity index (χ0) is 18.6. The number of ether oxygens (including phenoxy) is 1. The van der Waals surface area contributed by atoms with Crippen molar-refractivity contribution in [2.45, 2.75) is 17.9 Å². The van der Waals surface area contributed by atoms with Gasteiger partial charge >= 0.3 is 0 Å². The van der Waals surface area contributed by atoms with Gasteiger partial charge < -0.3 is 10.1 Å². The third kappa shape index (κ3) is 4.95. The van der Waals surface area contributed by atoms with E-state index in [9.17, 15) is 13.2 Å². The van der Waals surface area contributed by atoms with Crippen LogP contribution >= 0.6 is 11.6 Å². The Labute approximate surface area is 150 Å². The lowest BCUT2D eigenvalue weighted by Gasteiger charge is -2.15. The van der Waals surface area contributed by atoms with Gasteiger partial charge in [0, 0.05) is 11.9 Å². The summed E-state index contributed by atoms with van der Waals surface area (Å²) in [4.78, 5) is 12.3. The Morgan fingerprint density at radius 2 is 1.88 bits per heavy atom. The number of nitrogens with one attached hydrogen (secondary N) is 1. The summed E-state index contributed by atoms with van der Waals surface area (Å²) < 4.78 is 28.3. The van der Waals surface area contributed by atoms with Gasteiger partial charge in [-0.2, -0.15) is 5.26 Å². The molecule has 0 radical (unpaired) electrons. The highest BCUT2D eigenvalue weighted by atomic mass is 35.5. The number of hydrogen-bond acceptors (Lipinski definition) is 5. The van der Waals surface area contributed by atoms with Crippen LogP contribution in [0.15, 0.2) is 47.4 Å². The van der Waals surface area contributed by atoms with Crippen LogP contribution in [-0.2, 0) is 14.6 Å². The highest BCUT2D eigenvalue weighted by Crippen LogP contribution is 2.21. The van der Waals surface area contributed by atoms with Crippen LogP contribution in [-0.4, -0.2) is 26.7 Å². The fraction of sp³-hybridized carbons (Fsp3) is 0.176. The Bertz CT molecular complexity index is 934. The first-order chi connectivity index (χ1) is 11.7. The standard InChI is InChI=1S/C17H15ClN2O4S/c1-11(24-14-5-7-15(8-6-14)25(2,22)23)17(21)20-13-4-3-12(10-19)16(18)9-13/h3-9,11H,1-2H3,(H,20,21). The fourth-order valence-electron chi connectivity index (χ4n) is 1.95. The lowest BCUT2D eigenvalue weighted by molar-refractivity contribution is -0.122. The van der Waals surface area contributed by atoms with Crippen molar-refractivity contribution in [3.05, 3.63) is 53.1 Å². The van der Waals surface area contributed by atoms with Crippen LogP contribution < -0.4 is 10.1 Å². The van der Waals surface area contributed by atoms with E-state index < -0.39 is 21.8 Å². The van der Waals surface area contributed by atoms with Gasteiger partial charge in [-0.1, -0.05) is 11.6 Å². The van der Waals surface area contributed by atoms with E-state index in [1.54, 1.807) is 13.0 Å². The highest BCUT2D eigenvalue weighted by molar-refractivity contribution is 7.90. The molecule has 25 heavy (non-hydrogen) atoms. The fourth-order valence-corrected chi connectivity index (χ4v) is 2.80. The van der Waals surface area contributed by atoms with Crippen molar-refractivity contribution in [2.75, 3.05) is 11.6 Å². The van der Waals surface area contributed by atoms with Gasteiger partial charge in [-0.25, -0.2) is 8.42 Å². The maximum Gasteiger partial charge on any atom is 0.265 e. The average Bonchev–Trinajstić information content (AvgIpc) is 2.54. The van der Waals surface area contributed by atoms with Crippen molar-refractivity contribution in [1.82, 2.24) is 0 Å². The van der Waals surface area contributed by atoms with Crippen molar-refractivity contribution < 1.29 is 17.9 Å². The van der Waals surface area contributed by atoms with E-state index in [1.165, 1.54) is 36.4 Å². The van der Waals surface area contributed by atoms with Crippen LogP contribution in [0.25, 0.3) is 0 Å². The third-order valence-corrected chi connectivity index (χ3v) is 4.73. The monoisotopic (exact) mass is 378 g/mol. The summed E-state index contributed by atoms with van der Waals surface area (Å²) in [6, 6.07) is 12.3. The number of anilines is 1. The van der Waals surface area contributed by atoms with Gasteiger partial charge in [0.15, 0.2) is 15.9 Å². The predicted molar refractivity (Wildman–Crippen MR) is 94.4 cm³/mol. The summed E-state index contributed by atoms with van der Waals surface area (Å²) in [6.07, 6.45) is 0.292. The molecule has 1 N–H and O–H groups in total.